The minimum absolute atomic E-state index is 0.0625. The van der Waals surface area contributed by atoms with Gasteiger partial charge < -0.3 is 14.5 Å². The number of amides is 3. The van der Waals surface area contributed by atoms with Gasteiger partial charge in [-0.25, -0.2) is 9.59 Å². The van der Waals surface area contributed by atoms with Crippen LogP contribution in [0.15, 0.2) is 24.3 Å². The van der Waals surface area contributed by atoms with Gasteiger partial charge in [-0.05, 0) is 57.2 Å². The smallest absolute Gasteiger partial charge is 0.410 e. The Morgan fingerprint density at radius 2 is 1.52 bits per heavy atom. The number of carbonyl (C=O) groups excluding carboxylic acids is 4. The third-order valence-corrected chi connectivity index (χ3v) is 4.94. The molecule has 1 aromatic rings. The van der Waals surface area contributed by atoms with Crippen LogP contribution in [0.25, 0.3) is 0 Å². The number of likely N-dealkylation sites (tertiary alicyclic amines) is 1. The maximum Gasteiger partial charge on any atom is 0.410 e. The summed E-state index contributed by atoms with van der Waals surface area (Å²) < 4.78 is 5.41. The van der Waals surface area contributed by atoms with E-state index in [0.717, 1.165) is 18.4 Å². The van der Waals surface area contributed by atoms with Crippen LogP contribution in [0.4, 0.5) is 4.79 Å². The van der Waals surface area contributed by atoms with Crippen LogP contribution in [-0.4, -0.2) is 52.5 Å². The number of imide groups is 1. The van der Waals surface area contributed by atoms with E-state index in [4.69, 9.17) is 9.57 Å². The number of piperidine rings is 1. The predicted octanol–water partition coefficient (Wildman–Crippen LogP) is 3.02. The quantitative estimate of drug-likeness (QED) is 0.722. The zero-order valence-electron chi connectivity index (χ0n) is 17.0. The van der Waals surface area contributed by atoms with Crippen LogP contribution >= 0.6 is 0 Å². The molecule has 0 saturated carbocycles. The Morgan fingerprint density at radius 3 is 2.03 bits per heavy atom. The van der Waals surface area contributed by atoms with E-state index in [-0.39, 0.29) is 30.4 Å². The van der Waals surface area contributed by atoms with Crippen LogP contribution in [0.1, 0.15) is 68.3 Å². The summed E-state index contributed by atoms with van der Waals surface area (Å²) in [5, 5.41) is 0.544. The number of hydrogen-bond acceptors (Lipinski definition) is 6. The highest BCUT2D eigenvalue weighted by atomic mass is 16.7. The first-order valence-corrected chi connectivity index (χ1v) is 9.80. The molecule has 29 heavy (non-hydrogen) atoms. The molecule has 0 aliphatic carbocycles. The van der Waals surface area contributed by atoms with Gasteiger partial charge in [-0.2, -0.15) is 0 Å². The van der Waals surface area contributed by atoms with Gasteiger partial charge in [0.25, 0.3) is 11.8 Å². The lowest BCUT2D eigenvalue weighted by molar-refractivity contribution is -0.172. The summed E-state index contributed by atoms with van der Waals surface area (Å²) in [6.45, 7) is 6.77. The summed E-state index contributed by atoms with van der Waals surface area (Å²) in [6.07, 6.45) is 1.44. The topological polar surface area (TPSA) is 93.2 Å². The fraction of sp³-hybridized carbons (Fsp3) is 0.524. The molecule has 0 bridgehead atoms. The van der Waals surface area contributed by atoms with Crippen LogP contribution in [0.2, 0.25) is 0 Å². The number of hydroxylamine groups is 2. The van der Waals surface area contributed by atoms with Crippen molar-refractivity contribution in [2.75, 3.05) is 13.1 Å². The normalized spacial score (nSPS) is 18.2. The van der Waals surface area contributed by atoms with Gasteiger partial charge in [0.15, 0.2) is 0 Å². The number of hydrogen-bond donors (Lipinski definition) is 0. The van der Waals surface area contributed by atoms with Crippen molar-refractivity contribution in [3.05, 3.63) is 35.4 Å². The van der Waals surface area contributed by atoms with Gasteiger partial charge in [-0.15, -0.1) is 5.06 Å². The molecule has 2 aliphatic rings. The SMILES string of the molecule is CC(C)(C)OC(=O)N1CCC(c2ccc(C(=O)ON3C(=O)CCC3=O)cc2)CC1. The minimum Gasteiger partial charge on any atom is -0.444 e. The Bertz CT molecular complexity index is 787. The summed E-state index contributed by atoms with van der Waals surface area (Å²) in [5.41, 5.74) is 0.828. The molecule has 3 rings (SSSR count). The number of rotatable bonds is 3. The van der Waals surface area contributed by atoms with Gasteiger partial charge >= 0.3 is 12.1 Å². The van der Waals surface area contributed by atoms with Crippen molar-refractivity contribution in [2.45, 2.75) is 58.0 Å². The monoisotopic (exact) mass is 402 g/mol. The molecule has 0 atom stereocenters. The molecule has 2 aliphatic heterocycles. The predicted molar refractivity (Wildman–Crippen MR) is 103 cm³/mol. The van der Waals surface area contributed by atoms with Crippen molar-refractivity contribution in [2.24, 2.45) is 0 Å². The van der Waals surface area contributed by atoms with E-state index < -0.39 is 23.4 Å². The fourth-order valence-corrected chi connectivity index (χ4v) is 3.41. The van der Waals surface area contributed by atoms with Crippen molar-refractivity contribution in [1.29, 1.82) is 0 Å². The first-order chi connectivity index (χ1) is 13.6. The van der Waals surface area contributed by atoms with E-state index in [0.29, 0.717) is 18.2 Å². The van der Waals surface area contributed by atoms with E-state index >= 15 is 0 Å². The van der Waals surface area contributed by atoms with Gasteiger partial charge in [0.1, 0.15) is 5.60 Å². The van der Waals surface area contributed by atoms with Crippen LogP contribution in [0.3, 0.4) is 0 Å². The first-order valence-electron chi connectivity index (χ1n) is 9.80. The standard InChI is InChI=1S/C21H26N2O6/c1-21(2,3)28-20(27)22-12-10-15(11-13-22)14-4-6-16(7-5-14)19(26)29-23-17(24)8-9-18(23)25/h4-7,15H,8-13H2,1-3H3. The molecule has 0 spiro atoms. The number of ether oxygens (including phenoxy) is 1. The third-order valence-electron chi connectivity index (χ3n) is 4.94. The van der Waals surface area contributed by atoms with Gasteiger partial charge in [0, 0.05) is 25.9 Å². The number of carbonyl (C=O) groups is 4. The largest absolute Gasteiger partial charge is 0.444 e. The molecule has 1 aromatic carbocycles. The van der Waals surface area contributed by atoms with E-state index in [9.17, 15) is 19.2 Å². The molecular weight excluding hydrogens is 376 g/mol. The molecule has 2 heterocycles. The molecule has 3 amide bonds. The maximum absolute atomic E-state index is 12.2. The summed E-state index contributed by atoms with van der Waals surface area (Å²) in [7, 11) is 0. The Hall–Kier alpha value is -2.90. The summed E-state index contributed by atoms with van der Waals surface area (Å²) in [4.78, 5) is 54.1. The second-order valence-electron chi connectivity index (χ2n) is 8.32. The second kappa shape index (κ2) is 8.23. The lowest BCUT2D eigenvalue weighted by Crippen LogP contribution is -2.41. The Kier molecular flexibility index (Phi) is 5.91. The molecule has 156 valence electrons. The minimum atomic E-state index is -0.736. The van der Waals surface area contributed by atoms with Gasteiger partial charge in [0.05, 0.1) is 5.56 Å². The van der Waals surface area contributed by atoms with Crippen molar-refractivity contribution in [3.63, 3.8) is 0 Å². The second-order valence-corrected chi connectivity index (χ2v) is 8.32. The first kappa shape index (κ1) is 20.8. The zero-order valence-corrected chi connectivity index (χ0v) is 17.0. The molecule has 2 fully saturated rings. The van der Waals surface area contributed by atoms with E-state index in [1.54, 1.807) is 17.0 Å². The van der Waals surface area contributed by atoms with Gasteiger partial charge in [-0.1, -0.05) is 12.1 Å². The van der Waals surface area contributed by atoms with Crippen LogP contribution in [-0.2, 0) is 19.2 Å². The third kappa shape index (κ3) is 5.13. The van der Waals surface area contributed by atoms with E-state index in [2.05, 4.69) is 0 Å². The van der Waals surface area contributed by atoms with Gasteiger partial charge in [-0.3, -0.25) is 9.59 Å². The Labute approximate surface area is 169 Å². The van der Waals surface area contributed by atoms with Crippen molar-refractivity contribution in [1.82, 2.24) is 9.96 Å². The molecule has 0 unspecified atom stereocenters. The molecule has 8 heteroatoms. The maximum atomic E-state index is 12.2. The summed E-state index contributed by atoms with van der Waals surface area (Å²) >= 11 is 0. The Morgan fingerprint density at radius 1 is 0.966 bits per heavy atom. The highest BCUT2D eigenvalue weighted by molar-refractivity contribution is 6.02. The van der Waals surface area contributed by atoms with Crippen molar-refractivity contribution in [3.8, 4) is 0 Å². The number of nitrogens with zero attached hydrogens (tertiary/aromatic N) is 2. The van der Waals surface area contributed by atoms with Gasteiger partial charge in [0.2, 0.25) is 0 Å². The van der Waals surface area contributed by atoms with Crippen molar-refractivity contribution < 1.29 is 28.8 Å². The molecular formula is C21H26N2O6. The van der Waals surface area contributed by atoms with E-state index in [1.807, 2.05) is 32.9 Å². The van der Waals surface area contributed by atoms with Crippen LogP contribution < -0.4 is 0 Å². The van der Waals surface area contributed by atoms with Crippen LogP contribution in [0, 0.1) is 0 Å². The average molecular weight is 402 g/mol. The number of benzene rings is 1. The lowest BCUT2D eigenvalue weighted by Gasteiger charge is -2.33. The molecule has 0 N–H and O–H groups in total. The molecule has 0 radical (unpaired) electrons. The fourth-order valence-electron chi connectivity index (χ4n) is 3.41. The summed E-state index contributed by atoms with van der Waals surface area (Å²) in [5.74, 6) is -1.46. The van der Waals surface area contributed by atoms with Crippen molar-refractivity contribution >= 4 is 23.9 Å². The highest BCUT2D eigenvalue weighted by Crippen LogP contribution is 2.29. The van der Waals surface area contributed by atoms with Crippen LogP contribution in [0.5, 0.6) is 0 Å². The molecule has 2 saturated heterocycles. The van der Waals surface area contributed by atoms with E-state index in [1.165, 1.54) is 0 Å². The molecule has 0 aromatic heterocycles. The lowest BCUT2D eigenvalue weighted by atomic mass is 9.89. The Balaban J connectivity index is 1.54. The average Bonchev–Trinajstić information content (AvgIpc) is 2.99. The zero-order chi connectivity index (χ0) is 21.2. The summed E-state index contributed by atoms with van der Waals surface area (Å²) in [6, 6.07) is 6.95. The molecule has 8 nitrogen and oxygen atoms in total. The highest BCUT2D eigenvalue weighted by Gasteiger charge is 2.33.